The molecule has 0 aliphatic rings. The summed E-state index contributed by atoms with van der Waals surface area (Å²) in [5.41, 5.74) is 1.29. The first-order valence-corrected chi connectivity index (χ1v) is 9.12. The van der Waals surface area contributed by atoms with Crippen molar-refractivity contribution < 1.29 is 9.72 Å². The number of anilines is 1. The molecule has 0 bridgehead atoms. The monoisotopic (exact) mass is 386 g/mol. The maximum Gasteiger partial charge on any atom is 0.269 e. The molecule has 0 saturated carbocycles. The molecule has 7 heteroatoms. The first-order valence-electron chi connectivity index (χ1n) is 7.86. The van der Waals surface area contributed by atoms with Gasteiger partial charge in [-0.1, -0.05) is 17.7 Å². The molecular formula is C19H15ClN2O3S. The number of Topliss-reactive ketones (excluding diaryl/α,β-unsaturated/α-hetero) is 1. The Morgan fingerprint density at radius 2 is 1.81 bits per heavy atom. The summed E-state index contributed by atoms with van der Waals surface area (Å²) in [7, 11) is 0. The van der Waals surface area contributed by atoms with E-state index in [1.807, 2.05) is 29.6 Å². The van der Waals surface area contributed by atoms with E-state index in [-0.39, 0.29) is 23.9 Å². The molecule has 0 spiro atoms. The number of nitrogens with zero attached hydrogens (tertiary/aromatic N) is 1. The van der Waals surface area contributed by atoms with Gasteiger partial charge in [-0.05, 0) is 47.8 Å². The minimum absolute atomic E-state index is 0.0318. The Hall–Kier alpha value is -2.70. The molecule has 3 rings (SSSR count). The van der Waals surface area contributed by atoms with Crippen molar-refractivity contribution in [3.05, 3.63) is 91.6 Å². The van der Waals surface area contributed by atoms with Crippen molar-refractivity contribution >= 4 is 40.1 Å². The van der Waals surface area contributed by atoms with Crippen LogP contribution in [0.2, 0.25) is 5.02 Å². The fourth-order valence-electron chi connectivity index (χ4n) is 2.53. The van der Waals surface area contributed by atoms with Crippen molar-refractivity contribution in [2.75, 3.05) is 5.32 Å². The van der Waals surface area contributed by atoms with Crippen molar-refractivity contribution in [3.63, 3.8) is 0 Å². The van der Waals surface area contributed by atoms with Crippen LogP contribution in [0.25, 0.3) is 0 Å². The molecule has 0 saturated heterocycles. The van der Waals surface area contributed by atoms with Crippen LogP contribution in [0.1, 0.15) is 27.7 Å². The molecule has 1 atom stereocenters. The van der Waals surface area contributed by atoms with Gasteiger partial charge in [0.1, 0.15) is 0 Å². The lowest BCUT2D eigenvalue weighted by Gasteiger charge is -2.18. The summed E-state index contributed by atoms with van der Waals surface area (Å²) in [6.07, 6.45) is 0.237. The standard InChI is InChI=1S/C19H15ClN2O3S/c20-14-5-7-15(8-6-14)21-17(19-2-1-11-26-19)12-18(23)13-3-9-16(10-4-13)22(24)25/h1-11,17,21H,12H2. The first kappa shape index (κ1) is 18.1. The molecule has 3 aromatic rings. The summed E-state index contributed by atoms with van der Waals surface area (Å²) in [6, 6.07) is 16.7. The second kappa shape index (κ2) is 8.12. The van der Waals surface area contributed by atoms with E-state index in [0.29, 0.717) is 10.6 Å². The fourth-order valence-corrected chi connectivity index (χ4v) is 3.44. The van der Waals surface area contributed by atoms with Gasteiger partial charge in [0, 0.05) is 39.7 Å². The fraction of sp³-hybridized carbons (Fsp3) is 0.105. The number of rotatable bonds is 7. The summed E-state index contributed by atoms with van der Waals surface area (Å²) in [4.78, 5) is 24.0. The second-order valence-corrected chi connectivity index (χ2v) is 7.07. The third kappa shape index (κ3) is 4.47. The van der Waals surface area contributed by atoms with Gasteiger partial charge in [0.2, 0.25) is 0 Å². The van der Waals surface area contributed by atoms with E-state index in [1.54, 1.807) is 23.5 Å². The van der Waals surface area contributed by atoms with Gasteiger partial charge in [-0.25, -0.2) is 0 Å². The van der Waals surface area contributed by atoms with Crippen molar-refractivity contribution in [2.45, 2.75) is 12.5 Å². The number of nitrogens with one attached hydrogen (secondary N) is 1. The molecule has 1 heterocycles. The molecule has 0 amide bonds. The summed E-state index contributed by atoms with van der Waals surface area (Å²) in [6.45, 7) is 0. The molecule has 5 nitrogen and oxygen atoms in total. The van der Waals surface area contributed by atoms with Crippen LogP contribution in [-0.2, 0) is 0 Å². The molecule has 2 aromatic carbocycles. The number of benzene rings is 2. The van der Waals surface area contributed by atoms with Crippen LogP contribution in [0, 0.1) is 10.1 Å². The van der Waals surface area contributed by atoms with Crippen LogP contribution in [-0.4, -0.2) is 10.7 Å². The number of carbonyl (C=O) groups excluding carboxylic acids is 1. The molecule has 0 radical (unpaired) electrons. The summed E-state index contributed by atoms with van der Waals surface area (Å²) < 4.78 is 0. The van der Waals surface area contributed by atoms with E-state index in [0.717, 1.165) is 10.6 Å². The molecule has 1 aromatic heterocycles. The van der Waals surface area contributed by atoms with Gasteiger partial charge >= 0.3 is 0 Å². The van der Waals surface area contributed by atoms with Gasteiger partial charge in [0.25, 0.3) is 5.69 Å². The quantitative estimate of drug-likeness (QED) is 0.319. The largest absolute Gasteiger partial charge is 0.377 e. The number of halogens is 1. The van der Waals surface area contributed by atoms with Crippen molar-refractivity contribution in [2.24, 2.45) is 0 Å². The summed E-state index contributed by atoms with van der Waals surface area (Å²) in [5, 5.41) is 16.7. The molecule has 0 aliphatic heterocycles. The van der Waals surface area contributed by atoms with Crippen molar-refractivity contribution in [3.8, 4) is 0 Å². The maximum absolute atomic E-state index is 12.6. The number of ketones is 1. The number of hydrogen-bond donors (Lipinski definition) is 1. The van der Waals surface area contributed by atoms with Gasteiger partial charge < -0.3 is 5.32 Å². The van der Waals surface area contributed by atoms with Gasteiger partial charge in [-0.3, -0.25) is 14.9 Å². The van der Waals surface area contributed by atoms with E-state index < -0.39 is 4.92 Å². The van der Waals surface area contributed by atoms with Crippen molar-refractivity contribution in [1.82, 2.24) is 0 Å². The number of carbonyl (C=O) groups is 1. The zero-order valence-corrected chi connectivity index (χ0v) is 15.2. The number of nitro benzene ring substituents is 1. The second-order valence-electron chi connectivity index (χ2n) is 5.65. The highest BCUT2D eigenvalue weighted by atomic mass is 35.5. The van der Waals surface area contributed by atoms with Crippen LogP contribution >= 0.6 is 22.9 Å². The Labute approximate surface area is 159 Å². The minimum Gasteiger partial charge on any atom is -0.377 e. The van der Waals surface area contributed by atoms with Gasteiger partial charge in [-0.15, -0.1) is 11.3 Å². The van der Waals surface area contributed by atoms with Gasteiger partial charge in [-0.2, -0.15) is 0 Å². The molecule has 0 aliphatic carbocycles. The highest BCUT2D eigenvalue weighted by molar-refractivity contribution is 7.10. The number of hydrogen-bond acceptors (Lipinski definition) is 5. The lowest BCUT2D eigenvalue weighted by molar-refractivity contribution is -0.384. The number of thiophene rings is 1. The molecule has 1 N–H and O–H groups in total. The number of non-ortho nitro benzene ring substituents is 1. The molecular weight excluding hydrogens is 372 g/mol. The van der Waals surface area contributed by atoms with Gasteiger partial charge in [0.05, 0.1) is 11.0 Å². The van der Waals surface area contributed by atoms with Gasteiger partial charge in [0.15, 0.2) is 5.78 Å². The molecule has 1 unspecified atom stereocenters. The molecule has 26 heavy (non-hydrogen) atoms. The lowest BCUT2D eigenvalue weighted by Crippen LogP contribution is -2.14. The van der Waals surface area contributed by atoms with Crippen LogP contribution < -0.4 is 5.32 Å². The van der Waals surface area contributed by atoms with Crippen LogP contribution in [0.15, 0.2) is 66.0 Å². The average molecular weight is 387 g/mol. The first-order chi connectivity index (χ1) is 12.5. The molecule has 0 fully saturated rings. The zero-order chi connectivity index (χ0) is 18.5. The minimum atomic E-state index is -0.481. The normalized spacial score (nSPS) is 11.7. The van der Waals surface area contributed by atoms with Crippen LogP contribution in [0.5, 0.6) is 0 Å². The van der Waals surface area contributed by atoms with E-state index in [2.05, 4.69) is 5.32 Å². The predicted molar refractivity (Wildman–Crippen MR) is 104 cm³/mol. The third-order valence-corrected chi connectivity index (χ3v) is 5.10. The maximum atomic E-state index is 12.6. The number of nitro groups is 1. The van der Waals surface area contributed by atoms with Crippen LogP contribution in [0.4, 0.5) is 11.4 Å². The summed E-state index contributed by atoms with van der Waals surface area (Å²) >= 11 is 7.49. The van der Waals surface area contributed by atoms with E-state index in [4.69, 9.17) is 11.6 Å². The van der Waals surface area contributed by atoms with E-state index >= 15 is 0 Å². The van der Waals surface area contributed by atoms with Crippen LogP contribution in [0.3, 0.4) is 0 Å². The highest BCUT2D eigenvalue weighted by Crippen LogP contribution is 2.28. The molecule has 132 valence electrons. The topological polar surface area (TPSA) is 72.2 Å². The highest BCUT2D eigenvalue weighted by Gasteiger charge is 2.19. The lowest BCUT2D eigenvalue weighted by atomic mass is 10.0. The Bertz CT molecular complexity index is 894. The Morgan fingerprint density at radius 3 is 2.38 bits per heavy atom. The Kier molecular flexibility index (Phi) is 5.65. The third-order valence-electron chi connectivity index (χ3n) is 3.86. The van der Waals surface area contributed by atoms with E-state index in [1.165, 1.54) is 24.3 Å². The average Bonchev–Trinajstić information content (AvgIpc) is 3.17. The smallest absolute Gasteiger partial charge is 0.269 e. The van der Waals surface area contributed by atoms with E-state index in [9.17, 15) is 14.9 Å². The summed E-state index contributed by atoms with van der Waals surface area (Å²) in [5.74, 6) is -0.0836. The SMILES string of the molecule is O=C(CC(Nc1ccc(Cl)cc1)c1cccs1)c1ccc([N+](=O)[O-])cc1. The Morgan fingerprint density at radius 1 is 1.12 bits per heavy atom. The zero-order valence-electron chi connectivity index (χ0n) is 13.6. The Balaban J connectivity index is 1.78. The predicted octanol–water partition coefficient (Wildman–Crippen LogP) is 5.74. The van der Waals surface area contributed by atoms with Crippen molar-refractivity contribution in [1.29, 1.82) is 0 Å².